The van der Waals surface area contributed by atoms with Crippen molar-refractivity contribution in [2.45, 2.75) is 27.2 Å². The second-order valence-corrected chi connectivity index (χ2v) is 2.35. The van der Waals surface area contributed by atoms with E-state index in [4.69, 9.17) is 0 Å². The number of hydrogen-bond donors (Lipinski definition) is 0. The highest BCUT2D eigenvalue weighted by molar-refractivity contribution is 5.00. The Balaban J connectivity index is 3.93. The van der Waals surface area contributed by atoms with Crippen LogP contribution in [-0.2, 0) is 0 Å². The fraction of sp³-hybridized carbons (Fsp3) is 0.556. The Morgan fingerprint density at radius 1 is 1.50 bits per heavy atom. The van der Waals surface area contributed by atoms with Crippen LogP contribution in [0.3, 0.4) is 0 Å². The molecule has 0 rings (SSSR count). The molecule has 0 aliphatic rings. The van der Waals surface area contributed by atoms with Gasteiger partial charge in [0.05, 0.1) is 0 Å². The van der Waals surface area contributed by atoms with Crippen LogP contribution in [0.25, 0.3) is 0 Å². The first-order valence-electron chi connectivity index (χ1n) is 3.74. The Kier molecular flexibility index (Phi) is 4.73. The minimum atomic E-state index is 1.10. The molecule has 0 saturated carbocycles. The first-order chi connectivity index (χ1) is 4.72. The monoisotopic (exact) mass is 139 g/mol. The van der Waals surface area contributed by atoms with Gasteiger partial charge in [0.25, 0.3) is 0 Å². The van der Waals surface area contributed by atoms with Gasteiger partial charge >= 0.3 is 0 Å². The van der Waals surface area contributed by atoms with Gasteiger partial charge in [0.1, 0.15) is 0 Å². The van der Waals surface area contributed by atoms with Crippen LogP contribution in [0.1, 0.15) is 27.2 Å². The van der Waals surface area contributed by atoms with Gasteiger partial charge in [-0.25, -0.2) is 0 Å². The molecule has 0 saturated heterocycles. The summed E-state index contributed by atoms with van der Waals surface area (Å²) >= 11 is 0. The molecule has 0 aliphatic carbocycles. The van der Waals surface area contributed by atoms with E-state index in [2.05, 4.69) is 38.1 Å². The third-order valence-corrected chi connectivity index (χ3v) is 1.43. The fourth-order valence-corrected chi connectivity index (χ4v) is 0.781. The molecule has 0 aromatic carbocycles. The lowest BCUT2D eigenvalue weighted by atomic mass is 10.3. The van der Waals surface area contributed by atoms with Crippen LogP contribution >= 0.6 is 0 Å². The van der Waals surface area contributed by atoms with E-state index in [1.165, 1.54) is 5.70 Å². The third-order valence-electron chi connectivity index (χ3n) is 1.43. The van der Waals surface area contributed by atoms with Crippen LogP contribution in [0.15, 0.2) is 24.0 Å². The maximum Gasteiger partial charge on any atom is 0.0108 e. The number of allylic oxidation sites excluding steroid dienone is 3. The molecule has 58 valence electrons. The molecule has 0 spiro atoms. The zero-order chi connectivity index (χ0) is 7.98. The van der Waals surface area contributed by atoms with Gasteiger partial charge in [-0.3, -0.25) is 0 Å². The molecular formula is C9H17N. The van der Waals surface area contributed by atoms with Crippen molar-refractivity contribution >= 4 is 0 Å². The summed E-state index contributed by atoms with van der Waals surface area (Å²) in [6.45, 7) is 6.28. The van der Waals surface area contributed by atoms with Crippen molar-refractivity contribution in [2.75, 3.05) is 7.05 Å². The van der Waals surface area contributed by atoms with Crippen molar-refractivity contribution in [3.05, 3.63) is 24.0 Å². The lowest BCUT2D eigenvalue weighted by Gasteiger charge is -2.13. The normalized spacial score (nSPS) is 12.6. The Labute approximate surface area is 64.0 Å². The lowest BCUT2D eigenvalue weighted by molar-refractivity contribution is 0.566. The standard InChI is InChI=1S/C9H17N/c1-5-7-9(3)10(4)8-6-2/h6-8H,5H2,1-4H3/b8-6-,9-7+. The van der Waals surface area contributed by atoms with E-state index in [-0.39, 0.29) is 0 Å². The molecule has 1 heteroatoms. The molecule has 0 heterocycles. The first-order valence-corrected chi connectivity index (χ1v) is 3.74. The van der Waals surface area contributed by atoms with Crippen molar-refractivity contribution in [3.8, 4) is 0 Å². The van der Waals surface area contributed by atoms with Crippen LogP contribution in [-0.4, -0.2) is 11.9 Å². The molecule has 0 radical (unpaired) electrons. The summed E-state index contributed by atoms with van der Waals surface area (Å²) in [6, 6.07) is 0. The summed E-state index contributed by atoms with van der Waals surface area (Å²) in [5.74, 6) is 0. The molecule has 0 unspecified atom stereocenters. The minimum Gasteiger partial charge on any atom is -0.355 e. The van der Waals surface area contributed by atoms with Crippen molar-refractivity contribution in [3.63, 3.8) is 0 Å². The average molecular weight is 139 g/mol. The van der Waals surface area contributed by atoms with Crippen LogP contribution in [0.2, 0.25) is 0 Å². The highest BCUT2D eigenvalue weighted by atomic mass is 15.1. The number of nitrogens with zero attached hydrogens (tertiary/aromatic N) is 1. The second kappa shape index (κ2) is 5.10. The highest BCUT2D eigenvalue weighted by Gasteiger charge is 1.89. The molecule has 0 amide bonds. The first kappa shape index (κ1) is 9.28. The van der Waals surface area contributed by atoms with E-state index in [1.54, 1.807) is 0 Å². The lowest BCUT2D eigenvalue weighted by Crippen LogP contribution is -2.06. The van der Waals surface area contributed by atoms with E-state index in [0.717, 1.165) is 6.42 Å². The van der Waals surface area contributed by atoms with Crippen LogP contribution in [0, 0.1) is 0 Å². The summed E-state index contributed by atoms with van der Waals surface area (Å²) in [5.41, 5.74) is 1.31. The van der Waals surface area contributed by atoms with E-state index in [1.807, 2.05) is 13.0 Å². The maximum absolute atomic E-state index is 2.21. The Bertz CT molecular complexity index is 134. The van der Waals surface area contributed by atoms with Crippen molar-refractivity contribution in [1.82, 2.24) is 4.90 Å². The summed E-state index contributed by atoms with van der Waals surface area (Å²) < 4.78 is 0. The summed E-state index contributed by atoms with van der Waals surface area (Å²) in [6.07, 6.45) is 7.40. The third kappa shape index (κ3) is 3.33. The highest BCUT2D eigenvalue weighted by Crippen LogP contribution is 2.01. The van der Waals surface area contributed by atoms with E-state index in [0.29, 0.717) is 0 Å². The summed E-state index contributed by atoms with van der Waals surface area (Å²) in [5, 5.41) is 0. The number of rotatable bonds is 3. The molecule has 0 bridgehead atoms. The fourth-order valence-electron chi connectivity index (χ4n) is 0.781. The zero-order valence-electron chi connectivity index (χ0n) is 7.39. The van der Waals surface area contributed by atoms with Gasteiger partial charge < -0.3 is 4.90 Å². The van der Waals surface area contributed by atoms with E-state index < -0.39 is 0 Å². The molecule has 0 N–H and O–H groups in total. The molecule has 0 atom stereocenters. The van der Waals surface area contributed by atoms with Crippen molar-refractivity contribution in [2.24, 2.45) is 0 Å². The Hall–Kier alpha value is -0.720. The van der Waals surface area contributed by atoms with Gasteiger partial charge in [-0.1, -0.05) is 19.1 Å². The molecule has 0 aliphatic heterocycles. The maximum atomic E-state index is 2.21. The van der Waals surface area contributed by atoms with Crippen molar-refractivity contribution < 1.29 is 0 Å². The molecule has 0 fully saturated rings. The van der Waals surface area contributed by atoms with Gasteiger partial charge in [0, 0.05) is 12.7 Å². The zero-order valence-corrected chi connectivity index (χ0v) is 7.39. The molecule has 1 nitrogen and oxygen atoms in total. The van der Waals surface area contributed by atoms with Gasteiger partial charge in [0.15, 0.2) is 0 Å². The quantitative estimate of drug-likeness (QED) is 0.581. The summed E-state index contributed by atoms with van der Waals surface area (Å²) in [4.78, 5) is 2.11. The van der Waals surface area contributed by atoms with Gasteiger partial charge in [-0.05, 0) is 26.5 Å². The predicted octanol–water partition coefficient (Wildman–Crippen LogP) is 2.77. The SMILES string of the molecule is C/C=C\N(C)/C(C)=C/CC. The van der Waals surface area contributed by atoms with Crippen LogP contribution in [0.5, 0.6) is 0 Å². The average Bonchev–Trinajstić information content (AvgIpc) is 1.89. The van der Waals surface area contributed by atoms with Gasteiger partial charge in [-0.2, -0.15) is 0 Å². The van der Waals surface area contributed by atoms with E-state index in [9.17, 15) is 0 Å². The van der Waals surface area contributed by atoms with E-state index >= 15 is 0 Å². The minimum absolute atomic E-state index is 1.10. The summed E-state index contributed by atoms with van der Waals surface area (Å²) in [7, 11) is 2.06. The smallest absolute Gasteiger partial charge is 0.0108 e. The molecule has 0 aromatic heterocycles. The van der Waals surface area contributed by atoms with Crippen LogP contribution < -0.4 is 0 Å². The predicted molar refractivity (Wildman–Crippen MR) is 46.6 cm³/mol. The molecule has 10 heavy (non-hydrogen) atoms. The second-order valence-electron chi connectivity index (χ2n) is 2.35. The van der Waals surface area contributed by atoms with Crippen LogP contribution in [0.4, 0.5) is 0 Å². The molecular weight excluding hydrogens is 122 g/mol. The topological polar surface area (TPSA) is 3.24 Å². The Morgan fingerprint density at radius 2 is 2.10 bits per heavy atom. The number of hydrogen-bond acceptors (Lipinski definition) is 1. The molecule has 0 aromatic rings. The largest absolute Gasteiger partial charge is 0.355 e. The Morgan fingerprint density at radius 3 is 2.50 bits per heavy atom. The van der Waals surface area contributed by atoms with Gasteiger partial charge in [-0.15, -0.1) is 0 Å². The van der Waals surface area contributed by atoms with Gasteiger partial charge in [0.2, 0.25) is 0 Å². The van der Waals surface area contributed by atoms with Crippen molar-refractivity contribution in [1.29, 1.82) is 0 Å².